The van der Waals surface area contributed by atoms with Crippen LogP contribution in [-0.4, -0.2) is 28.9 Å². The van der Waals surface area contributed by atoms with E-state index in [4.69, 9.17) is 4.74 Å². The lowest BCUT2D eigenvalue weighted by Crippen LogP contribution is -2.37. The van der Waals surface area contributed by atoms with Crippen LogP contribution in [0.5, 0.6) is 5.75 Å². The van der Waals surface area contributed by atoms with Gasteiger partial charge >= 0.3 is 0 Å². The summed E-state index contributed by atoms with van der Waals surface area (Å²) >= 11 is 0. The molecule has 1 unspecified atom stereocenters. The van der Waals surface area contributed by atoms with Crippen molar-refractivity contribution in [3.63, 3.8) is 0 Å². The molecule has 0 N–H and O–H groups in total. The Labute approximate surface area is 127 Å². The van der Waals surface area contributed by atoms with Gasteiger partial charge in [-0.2, -0.15) is 0 Å². The zero-order valence-electron chi connectivity index (χ0n) is 12.3. The van der Waals surface area contributed by atoms with Crippen LogP contribution in [0.25, 0.3) is 0 Å². The molecule has 2 aromatic rings. The molecule has 2 rings (SSSR count). The number of aromatic nitrogens is 1. The van der Waals surface area contributed by atoms with Crippen molar-refractivity contribution in [1.82, 2.24) is 9.88 Å². The number of ether oxygens (including phenoxy) is 1. The number of likely N-dealkylation sites (N-methyl/N-ethyl adjacent to an activating group) is 1. The second-order valence-electron chi connectivity index (χ2n) is 4.85. The Bertz CT molecular complexity index is 650. The third kappa shape index (κ3) is 4.00. The molecule has 0 fully saturated rings. The monoisotopic (exact) mass is 306 g/mol. The van der Waals surface area contributed by atoms with Crippen LogP contribution in [0.2, 0.25) is 0 Å². The third-order valence-corrected chi connectivity index (χ3v) is 3.05. The van der Waals surface area contributed by atoms with Gasteiger partial charge in [0, 0.05) is 19.3 Å². The van der Waals surface area contributed by atoms with Gasteiger partial charge < -0.3 is 9.64 Å². The molecule has 0 aliphatic rings. The maximum Gasteiger partial charge on any atom is 0.263 e. The van der Waals surface area contributed by atoms with E-state index < -0.39 is 17.7 Å². The minimum Gasteiger partial charge on any atom is -0.481 e. The van der Waals surface area contributed by atoms with Crippen LogP contribution in [0.15, 0.2) is 42.6 Å². The highest BCUT2D eigenvalue weighted by molar-refractivity contribution is 5.80. The van der Waals surface area contributed by atoms with Gasteiger partial charge in [-0.15, -0.1) is 0 Å². The van der Waals surface area contributed by atoms with E-state index in [1.165, 1.54) is 11.0 Å². The summed E-state index contributed by atoms with van der Waals surface area (Å²) in [6, 6.07) is 8.59. The van der Waals surface area contributed by atoms with Crippen molar-refractivity contribution in [2.24, 2.45) is 0 Å². The summed E-state index contributed by atoms with van der Waals surface area (Å²) in [7, 11) is 1.63. The van der Waals surface area contributed by atoms with Crippen LogP contribution < -0.4 is 4.74 Å². The fourth-order valence-corrected chi connectivity index (χ4v) is 1.93. The normalized spacial score (nSPS) is 11.8. The third-order valence-electron chi connectivity index (χ3n) is 3.05. The van der Waals surface area contributed by atoms with E-state index in [-0.39, 0.29) is 11.7 Å². The molecule has 0 aliphatic heterocycles. The van der Waals surface area contributed by atoms with Gasteiger partial charge in [0.15, 0.2) is 17.7 Å². The minimum atomic E-state index is -1.01. The van der Waals surface area contributed by atoms with E-state index in [9.17, 15) is 13.6 Å². The molecule has 0 bridgehead atoms. The van der Waals surface area contributed by atoms with Crippen LogP contribution in [-0.2, 0) is 11.3 Å². The number of carbonyl (C=O) groups is 1. The predicted molar refractivity (Wildman–Crippen MR) is 77.2 cm³/mol. The maximum atomic E-state index is 13.1. The number of hydrogen-bond acceptors (Lipinski definition) is 3. The summed E-state index contributed by atoms with van der Waals surface area (Å²) in [6.45, 7) is 1.89. The minimum absolute atomic E-state index is 0.103. The number of pyridine rings is 1. The van der Waals surface area contributed by atoms with Crippen LogP contribution in [0, 0.1) is 11.6 Å². The lowest BCUT2D eigenvalue weighted by atomic mass is 10.3. The van der Waals surface area contributed by atoms with E-state index in [1.807, 2.05) is 12.1 Å². The molecular formula is C16H16F2N2O2. The number of nitrogens with zero attached hydrogens (tertiary/aromatic N) is 2. The molecule has 116 valence electrons. The number of hydrogen-bond donors (Lipinski definition) is 0. The fourth-order valence-electron chi connectivity index (χ4n) is 1.93. The summed E-state index contributed by atoms with van der Waals surface area (Å²) in [6.07, 6.45) is 0.827. The van der Waals surface area contributed by atoms with Crippen molar-refractivity contribution in [1.29, 1.82) is 0 Å². The van der Waals surface area contributed by atoms with Crippen molar-refractivity contribution >= 4 is 5.91 Å². The lowest BCUT2D eigenvalue weighted by molar-refractivity contribution is -0.137. The Morgan fingerprint density at radius 3 is 2.68 bits per heavy atom. The standard InChI is InChI=1S/C16H16F2N2O2/c1-11(22-13-6-7-14(17)15(18)9-13)16(21)20(2)10-12-5-3-4-8-19-12/h3-9,11H,10H2,1-2H3. The van der Waals surface area contributed by atoms with Crippen LogP contribution in [0.4, 0.5) is 8.78 Å². The molecule has 1 amide bonds. The summed E-state index contributed by atoms with van der Waals surface area (Å²) < 4.78 is 31.3. The topological polar surface area (TPSA) is 42.4 Å². The number of benzene rings is 1. The Morgan fingerprint density at radius 2 is 2.05 bits per heavy atom. The summed E-state index contributed by atoms with van der Waals surface area (Å²) in [4.78, 5) is 17.8. The largest absolute Gasteiger partial charge is 0.481 e. The SMILES string of the molecule is CC(Oc1ccc(F)c(F)c1)C(=O)N(C)Cc1ccccn1. The van der Waals surface area contributed by atoms with Gasteiger partial charge in [0.05, 0.1) is 12.2 Å². The zero-order valence-corrected chi connectivity index (χ0v) is 12.3. The highest BCUT2D eigenvalue weighted by Gasteiger charge is 2.20. The fraction of sp³-hybridized carbons (Fsp3) is 0.250. The second kappa shape index (κ2) is 6.98. The van der Waals surface area contributed by atoms with Gasteiger partial charge in [-0.3, -0.25) is 9.78 Å². The Hall–Kier alpha value is -2.50. The molecule has 1 aromatic heterocycles. The van der Waals surface area contributed by atoms with E-state index in [0.29, 0.717) is 6.54 Å². The Balaban J connectivity index is 1.97. The first-order valence-corrected chi connectivity index (χ1v) is 6.74. The van der Waals surface area contributed by atoms with Crippen molar-refractivity contribution in [2.45, 2.75) is 19.6 Å². The molecule has 1 aromatic carbocycles. The average molecular weight is 306 g/mol. The molecule has 0 radical (unpaired) electrons. The molecule has 22 heavy (non-hydrogen) atoms. The van der Waals surface area contributed by atoms with Crippen molar-refractivity contribution in [2.75, 3.05) is 7.05 Å². The van der Waals surface area contributed by atoms with Crippen molar-refractivity contribution < 1.29 is 18.3 Å². The number of amides is 1. The first-order chi connectivity index (χ1) is 10.5. The van der Waals surface area contributed by atoms with Gasteiger partial charge in [0.2, 0.25) is 0 Å². The second-order valence-corrected chi connectivity index (χ2v) is 4.85. The lowest BCUT2D eigenvalue weighted by Gasteiger charge is -2.22. The Kier molecular flexibility index (Phi) is 5.04. The first kappa shape index (κ1) is 15.9. The molecule has 0 saturated carbocycles. The molecule has 0 aliphatic carbocycles. The van der Waals surface area contributed by atoms with Gasteiger partial charge in [-0.05, 0) is 31.2 Å². The molecule has 0 saturated heterocycles. The highest BCUT2D eigenvalue weighted by atomic mass is 19.2. The quantitative estimate of drug-likeness (QED) is 0.853. The smallest absolute Gasteiger partial charge is 0.263 e. The highest BCUT2D eigenvalue weighted by Crippen LogP contribution is 2.17. The molecule has 4 nitrogen and oxygen atoms in total. The molecule has 0 spiro atoms. The van der Waals surface area contributed by atoms with Crippen LogP contribution >= 0.6 is 0 Å². The Morgan fingerprint density at radius 1 is 1.27 bits per heavy atom. The molecule has 1 atom stereocenters. The predicted octanol–water partition coefficient (Wildman–Crippen LogP) is 2.79. The van der Waals surface area contributed by atoms with E-state index >= 15 is 0 Å². The number of rotatable bonds is 5. The average Bonchev–Trinajstić information content (AvgIpc) is 2.51. The van der Waals surface area contributed by atoms with Gasteiger partial charge in [0.25, 0.3) is 5.91 Å². The van der Waals surface area contributed by atoms with Crippen molar-refractivity contribution in [3.05, 3.63) is 59.9 Å². The molecular weight excluding hydrogens is 290 g/mol. The van der Waals surface area contributed by atoms with Gasteiger partial charge in [-0.25, -0.2) is 8.78 Å². The van der Waals surface area contributed by atoms with E-state index in [0.717, 1.165) is 17.8 Å². The first-order valence-electron chi connectivity index (χ1n) is 6.74. The van der Waals surface area contributed by atoms with Crippen molar-refractivity contribution in [3.8, 4) is 5.75 Å². The summed E-state index contributed by atoms with van der Waals surface area (Å²) in [5, 5.41) is 0. The molecule has 1 heterocycles. The van der Waals surface area contributed by atoms with E-state index in [2.05, 4.69) is 4.98 Å². The van der Waals surface area contributed by atoms with Crippen LogP contribution in [0.3, 0.4) is 0 Å². The van der Waals surface area contributed by atoms with Gasteiger partial charge in [0.1, 0.15) is 5.75 Å². The number of halogens is 2. The zero-order chi connectivity index (χ0) is 16.1. The van der Waals surface area contributed by atoms with E-state index in [1.54, 1.807) is 26.2 Å². The van der Waals surface area contributed by atoms with Gasteiger partial charge in [-0.1, -0.05) is 6.07 Å². The summed E-state index contributed by atoms with van der Waals surface area (Å²) in [5.74, 6) is -2.15. The number of carbonyl (C=O) groups excluding carboxylic acids is 1. The van der Waals surface area contributed by atoms with Crippen LogP contribution in [0.1, 0.15) is 12.6 Å². The molecule has 6 heteroatoms. The maximum absolute atomic E-state index is 13.1. The summed E-state index contributed by atoms with van der Waals surface area (Å²) in [5.41, 5.74) is 0.748.